The number of hydrogen-bond donors (Lipinski definition) is 2. The molecule has 2 N–H and O–H groups in total. The van der Waals surface area contributed by atoms with E-state index in [1.807, 2.05) is 12.1 Å². The Kier molecular flexibility index (Phi) is 8.29. The van der Waals surface area contributed by atoms with Crippen molar-refractivity contribution >= 4 is 43.0 Å². The molecule has 0 aliphatic carbocycles. The molecule has 2 atom stereocenters. The molecule has 0 bridgehead atoms. The average molecular weight is 675 g/mol. The van der Waals surface area contributed by atoms with Crippen molar-refractivity contribution in [3.63, 3.8) is 0 Å². The van der Waals surface area contributed by atoms with E-state index in [1.165, 1.54) is 35.7 Å². The number of fused-ring (bicyclic) bond motifs is 2. The Morgan fingerprint density at radius 1 is 0.978 bits per heavy atom. The SMILES string of the molecule is C[C@](O)(c1ccnc(-c2cccc3cc([C@H](NS(=O)(=O)c4ccc5c(c4)OCCCO5)c4ccccc4Cl)sc23)c1)C(F)(F)F. The van der Waals surface area contributed by atoms with Crippen LogP contribution in [0.15, 0.2) is 90.0 Å². The summed E-state index contributed by atoms with van der Waals surface area (Å²) in [6, 6.07) is 19.8. The summed E-state index contributed by atoms with van der Waals surface area (Å²) in [5, 5.41) is 11.3. The van der Waals surface area contributed by atoms with Crippen LogP contribution in [0.2, 0.25) is 5.02 Å². The molecular weight excluding hydrogens is 649 g/mol. The second kappa shape index (κ2) is 11.9. The summed E-state index contributed by atoms with van der Waals surface area (Å²) in [6.07, 6.45) is -3.02. The first-order valence-corrected chi connectivity index (χ1v) is 16.5. The Bertz CT molecular complexity index is 2000. The summed E-state index contributed by atoms with van der Waals surface area (Å²) in [5.74, 6) is 0.788. The number of rotatable bonds is 7. The van der Waals surface area contributed by atoms with Gasteiger partial charge < -0.3 is 14.6 Å². The lowest BCUT2D eigenvalue weighted by atomic mass is 9.94. The number of halogens is 4. The van der Waals surface area contributed by atoms with Gasteiger partial charge in [-0.2, -0.15) is 17.9 Å². The summed E-state index contributed by atoms with van der Waals surface area (Å²) < 4.78 is 83.2. The summed E-state index contributed by atoms with van der Waals surface area (Å²) in [6.45, 7) is 1.54. The highest BCUT2D eigenvalue weighted by molar-refractivity contribution is 7.89. The predicted molar refractivity (Wildman–Crippen MR) is 166 cm³/mol. The van der Waals surface area contributed by atoms with Gasteiger partial charge in [0.15, 0.2) is 17.1 Å². The van der Waals surface area contributed by atoms with Crippen molar-refractivity contribution in [2.75, 3.05) is 13.2 Å². The second-order valence-electron chi connectivity index (χ2n) is 10.6. The molecule has 0 saturated carbocycles. The van der Waals surface area contributed by atoms with Crippen LogP contribution in [0.4, 0.5) is 13.2 Å². The molecule has 0 radical (unpaired) electrons. The minimum Gasteiger partial charge on any atom is -0.490 e. The van der Waals surface area contributed by atoms with Gasteiger partial charge in [0.25, 0.3) is 0 Å². The van der Waals surface area contributed by atoms with Crippen LogP contribution >= 0.6 is 22.9 Å². The Morgan fingerprint density at radius 2 is 1.73 bits per heavy atom. The van der Waals surface area contributed by atoms with Gasteiger partial charge in [0.05, 0.1) is 29.8 Å². The fourth-order valence-corrected chi connectivity index (χ4v) is 7.77. The minimum atomic E-state index is -4.90. The highest BCUT2D eigenvalue weighted by atomic mass is 35.5. The van der Waals surface area contributed by atoms with Gasteiger partial charge in [0, 0.05) is 38.8 Å². The molecule has 1 aliphatic heterocycles. The largest absolute Gasteiger partial charge is 0.490 e. The fourth-order valence-electron chi connectivity index (χ4n) is 4.99. The first-order chi connectivity index (χ1) is 21.3. The molecule has 13 heteroatoms. The quantitative estimate of drug-likeness (QED) is 0.184. The molecule has 0 spiro atoms. The van der Waals surface area contributed by atoms with Crippen LogP contribution in [0.25, 0.3) is 21.3 Å². The van der Waals surface area contributed by atoms with Crippen molar-refractivity contribution in [2.45, 2.75) is 36.1 Å². The molecule has 0 fully saturated rings. The third-order valence-electron chi connectivity index (χ3n) is 7.52. The highest BCUT2D eigenvalue weighted by Crippen LogP contribution is 2.43. The van der Waals surface area contributed by atoms with Crippen LogP contribution in [0.5, 0.6) is 11.5 Å². The van der Waals surface area contributed by atoms with E-state index in [2.05, 4.69) is 9.71 Å². The van der Waals surface area contributed by atoms with Gasteiger partial charge in [0.1, 0.15) is 0 Å². The molecule has 3 heterocycles. The lowest BCUT2D eigenvalue weighted by Crippen LogP contribution is -2.39. The molecule has 45 heavy (non-hydrogen) atoms. The van der Waals surface area contributed by atoms with Crippen molar-refractivity contribution < 1.29 is 36.2 Å². The van der Waals surface area contributed by atoms with Crippen molar-refractivity contribution in [1.29, 1.82) is 0 Å². The molecule has 3 aromatic carbocycles. The number of hydrogen-bond acceptors (Lipinski definition) is 7. The first-order valence-electron chi connectivity index (χ1n) is 13.8. The molecule has 234 valence electrons. The van der Waals surface area contributed by atoms with E-state index in [0.29, 0.717) is 69.2 Å². The molecule has 1 aliphatic rings. The van der Waals surface area contributed by atoms with Crippen molar-refractivity contribution in [3.8, 4) is 22.8 Å². The van der Waals surface area contributed by atoms with Crippen molar-refractivity contribution in [1.82, 2.24) is 9.71 Å². The van der Waals surface area contributed by atoms with Crippen molar-refractivity contribution in [3.05, 3.63) is 106 Å². The van der Waals surface area contributed by atoms with Gasteiger partial charge in [-0.25, -0.2) is 8.42 Å². The number of sulfonamides is 1. The maximum atomic E-state index is 13.8. The van der Waals surface area contributed by atoms with Gasteiger partial charge >= 0.3 is 6.18 Å². The maximum Gasteiger partial charge on any atom is 0.421 e. The zero-order valence-electron chi connectivity index (χ0n) is 23.6. The lowest BCUT2D eigenvalue weighted by molar-refractivity contribution is -0.258. The minimum absolute atomic E-state index is 0.0247. The molecule has 0 saturated heterocycles. The van der Waals surface area contributed by atoms with Crippen LogP contribution in [0.3, 0.4) is 0 Å². The standard InChI is InChI=1S/C32H26ClF3N2O5S2/c1-31(39,32(34,35)36)20-12-13-37-25(17-20)23-8-4-6-19-16-28(44-30(19)23)29(22-7-2-3-9-24(22)33)38-45(40,41)21-10-11-26-27(18-21)43-15-5-14-42-26/h2-4,6-13,16-18,29,38-39H,5,14-15H2,1H3/t29-,31+/m1/s1. The number of thiophene rings is 1. The van der Waals surface area contributed by atoms with E-state index >= 15 is 0 Å². The van der Waals surface area contributed by atoms with Crippen LogP contribution in [-0.2, 0) is 15.6 Å². The fraction of sp³-hybridized carbons (Fsp3) is 0.219. The van der Waals surface area contributed by atoms with E-state index in [1.54, 1.807) is 42.5 Å². The number of pyridine rings is 1. The van der Waals surface area contributed by atoms with E-state index in [4.69, 9.17) is 21.1 Å². The molecule has 5 aromatic rings. The van der Waals surface area contributed by atoms with Crippen LogP contribution in [0.1, 0.15) is 35.4 Å². The van der Waals surface area contributed by atoms with Gasteiger partial charge in [-0.1, -0.05) is 48.0 Å². The number of aromatic nitrogens is 1. The number of nitrogens with zero attached hydrogens (tertiary/aromatic N) is 1. The highest BCUT2D eigenvalue weighted by Gasteiger charge is 2.51. The van der Waals surface area contributed by atoms with Gasteiger partial charge in [-0.05, 0) is 59.8 Å². The number of ether oxygens (including phenoxy) is 2. The van der Waals surface area contributed by atoms with Gasteiger partial charge in [0.2, 0.25) is 10.0 Å². The van der Waals surface area contributed by atoms with Crippen molar-refractivity contribution in [2.24, 2.45) is 0 Å². The molecule has 0 amide bonds. The number of aliphatic hydroxyl groups is 1. The zero-order valence-corrected chi connectivity index (χ0v) is 26.0. The van der Waals surface area contributed by atoms with Gasteiger partial charge in [-0.15, -0.1) is 11.3 Å². The molecule has 6 rings (SSSR count). The third kappa shape index (κ3) is 6.12. The number of nitrogens with one attached hydrogen (secondary N) is 1. The third-order valence-corrected chi connectivity index (χ3v) is 10.5. The summed E-state index contributed by atoms with van der Waals surface area (Å²) >= 11 is 7.84. The van der Waals surface area contributed by atoms with Crippen LogP contribution in [-0.4, -0.2) is 37.9 Å². The normalized spacial score (nSPS) is 15.8. The molecule has 7 nitrogen and oxygen atoms in total. The van der Waals surface area contributed by atoms with Crippen LogP contribution in [0, 0.1) is 0 Å². The van der Waals surface area contributed by atoms with Crippen LogP contribution < -0.4 is 14.2 Å². The van der Waals surface area contributed by atoms with E-state index in [0.717, 1.165) is 6.07 Å². The predicted octanol–water partition coefficient (Wildman–Crippen LogP) is 7.62. The first kappa shape index (κ1) is 31.3. The summed E-state index contributed by atoms with van der Waals surface area (Å²) in [7, 11) is -4.14. The maximum absolute atomic E-state index is 13.8. The Labute approximate surface area is 266 Å². The topological polar surface area (TPSA) is 97.8 Å². The number of benzene rings is 3. The molecular formula is C32H26ClF3N2O5S2. The Morgan fingerprint density at radius 3 is 2.49 bits per heavy atom. The summed E-state index contributed by atoms with van der Waals surface area (Å²) in [5.41, 5.74) is -2.19. The molecule has 2 aromatic heterocycles. The second-order valence-corrected chi connectivity index (χ2v) is 13.8. The number of alkyl halides is 3. The average Bonchev–Trinajstić information content (AvgIpc) is 3.30. The Hall–Kier alpha value is -3.68. The lowest BCUT2D eigenvalue weighted by Gasteiger charge is -2.26. The summed E-state index contributed by atoms with van der Waals surface area (Å²) in [4.78, 5) is 4.86. The zero-order chi connectivity index (χ0) is 32.0. The molecule has 0 unspecified atom stereocenters. The Balaban J connectivity index is 1.43. The van der Waals surface area contributed by atoms with E-state index in [-0.39, 0.29) is 16.2 Å². The van der Waals surface area contributed by atoms with E-state index in [9.17, 15) is 26.7 Å². The van der Waals surface area contributed by atoms with E-state index < -0.39 is 27.8 Å². The monoisotopic (exact) mass is 674 g/mol. The van der Waals surface area contributed by atoms with Gasteiger partial charge in [-0.3, -0.25) is 4.98 Å². The smallest absolute Gasteiger partial charge is 0.421 e.